The second-order valence-corrected chi connectivity index (χ2v) is 3.21. The lowest BCUT2D eigenvalue weighted by Crippen LogP contribution is -1.89. The van der Waals surface area contributed by atoms with Crippen molar-refractivity contribution in [3.05, 3.63) is 28.6 Å². The highest BCUT2D eigenvalue weighted by Crippen LogP contribution is 2.09. The van der Waals surface area contributed by atoms with Crippen molar-refractivity contribution in [3.63, 3.8) is 0 Å². The summed E-state index contributed by atoms with van der Waals surface area (Å²) in [5.41, 5.74) is 1.97. The van der Waals surface area contributed by atoms with Crippen molar-refractivity contribution in [3.8, 4) is 0 Å². The molecule has 0 spiro atoms. The normalized spacial score (nSPS) is 10.7. The molecular weight excluding hydrogens is 206 g/mol. The molecule has 0 aromatic carbocycles. The number of fused-ring (bicyclic) bond motifs is 1. The number of aryl methyl sites for hydroxylation is 1. The molecule has 0 aliphatic carbocycles. The van der Waals surface area contributed by atoms with E-state index < -0.39 is 0 Å². The second-order valence-electron chi connectivity index (χ2n) is 2.40. The SMILES string of the molecule is Cc1cnc2cc(Br)nn2c1. The van der Waals surface area contributed by atoms with E-state index in [0.717, 1.165) is 15.8 Å². The van der Waals surface area contributed by atoms with E-state index in [4.69, 9.17) is 0 Å². The van der Waals surface area contributed by atoms with Gasteiger partial charge in [0.05, 0.1) is 0 Å². The minimum absolute atomic E-state index is 0.815. The first kappa shape index (κ1) is 6.79. The first-order valence-electron chi connectivity index (χ1n) is 3.23. The van der Waals surface area contributed by atoms with E-state index in [1.54, 1.807) is 4.52 Å². The van der Waals surface area contributed by atoms with Gasteiger partial charge in [-0.3, -0.25) is 0 Å². The maximum absolute atomic E-state index is 4.17. The van der Waals surface area contributed by atoms with E-state index in [2.05, 4.69) is 26.0 Å². The molecule has 3 nitrogen and oxygen atoms in total. The number of nitrogens with zero attached hydrogens (tertiary/aromatic N) is 3. The van der Waals surface area contributed by atoms with Gasteiger partial charge in [-0.05, 0) is 28.4 Å². The number of hydrogen-bond acceptors (Lipinski definition) is 2. The molecule has 0 bridgehead atoms. The first-order chi connectivity index (χ1) is 5.25. The summed E-state index contributed by atoms with van der Waals surface area (Å²) in [6, 6.07) is 1.87. The van der Waals surface area contributed by atoms with Gasteiger partial charge in [0.2, 0.25) is 0 Å². The van der Waals surface area contributed by atoms with E-state index in [-0.39, 0.29) is 0 Å². The molecule has 0 saturated heterocycles. The van der Waals surface area contributed by atoms with E-state index in [0.29, 0.717) is 0 Å². The van der Waals surface area contributed by atoms with Crippen LogP contribution >= 0.6 is 15.9 Å². The molecule has 56 valence electrons. The number of aromatic nitrogens is 3. The largest absolute Gasteiger partial charge is 0.237 e. The number of hydrogen-bond donors (Lipinski definition) is 0. The monoisotopic (exact) mass is 211 g/mol. The van der Waals surface area contributed by atoms with Crippen molar-refractivity contribution in [2.24, 2.45) is 0 Å². The average molecular weight is 212 g/mol. The Bertz CT molecular complexity index is 393. The van der Waals surface area contributed by atoms with Gasteiger partial charge in [0.15, 0.2) is 5.65 Å². The maximum Gasteiger partial charge on any atom is 0.156 e. The highest BCUT2D eigenvalue weighted by atomic mass is 79.9. The highest BCUT2D eigenvalue weighted by molar-refractivity contribution is 9.10. The highest BCUT2D eigenvalue weighted by Gasteiger charge is 1.97. The summed E-state index contributed by atoms with van der Waals surface area (Å²) in [5, 5.41) is 4.14. The van der Waals surface area contributed by atoms with Gasteiger partial charge in [-0.2, -0.15) is 5.10 Å². The molecular formula is C7H6BrN3. The summed E-state index contributed by atoms with van der Waals surface area (Å²) in [7, 11) is 0. The number of rotatable bonds is 0. The molecule has 2 aromatic rings. The molecule has 0 amide bonds. The van der Waals surface area contributed by atoms with Crippen LogP contribution in [0.4, 0.5) is 0 Å². The molecule has 2 heterocycles. The molecule has 0 aliphatic rings. The van der Waals surface area contributed by atoms with E-state index in [1.807, 2.05) is 25.4 Å². The van der Waals surface area contributed by atoms with E-state index >= 15 is 0 Å². The fourth-order valence-corrected chi connectivity index (χ4v) is 1.32. The van der Waals surface area contributed by atoms with Crippen LogP contribution < -0.4 is 0 Å². The molecule has 0 fully saturated rings. The quantitative estimate of drug-likeness (QED) is 0.666. The lowest BCUT2D eigenvalue weighted by molar-refractivity contribution is 0.917. The van der Waals surface area contributed by atoms with Gasteiger partial charge in [0.25, 0.3) is 0 Å². The van der Waals surface area contributed by atoms with E-state index in [9.17, 15) is 0 Å². The predicted molar refractivity (Wildman–Crippen MR) is 45.4 cm³/mol. The van der Waals surface area contributed by atoms with Gasteiger partial charge in [-0.15, -0.1) is 0 Å². The van der Waals surface area contributed by atoms with Crippen LogP contribution in [0.25, 0.3) is 5.65 Å². The van der Waals surface area contributed by atoms with Crippen LogP contribution in [-0.4, -0.2) is 14.6 Å². The van der Waals surface area contributed by atoms with Crippen LogP contribution in [-0.2, 0) is 0 Å². The van der Waals surface area contributed by atoms with Gasteiger partial charge in [-0.1, -0.05) is 0 Å². The van der Waals surface area contributed by atoms with Crippen molar-refractivity contribution in [2.45, 2.75) is 6.92 Å². The Morgan fingerprint density at radius 2 is 2.36 bits per heavy atom. The zero-order valence-corrected chi connectivity index (χ0v) is 7.54. The molecule has 4 heteroatoms. The Balaban J connectivity index is 2.82. The molecule has 0 aliphatic heterocycles. The Labute approximate surface area is 72.2 Å². The Morgan fingerprint density at radius 3 is 3.18 bits per heavy atom. The lowest BCUT2D eigenvalue weighted by atomic mass is 10.4. The van der Waals surface area contributed by atoms with Crippen LogP contribution in [0, 0.1) is 6.92 Å². The standard InChI is InChI=1S/C7H6BrN3/c1-5-3-9-7-2-6(8)10-11(7)4-5/h2-4H,1H3. The van der Waals surface area contributed by atoms with Crippen molar-refractivity contribution < 1.29 is 0 Å². The summed E-state index contributed by atoms with van der Waals surface area (Å²) in [5.74, 6) is 0. The molecule has 11 heavy (non-hydrogen) atoms. The summed E-state index contributed by atoms with van der Waals surface area (Å²) in [6.45, 7) is 1.99. The minimum atomic E-state index is 0.815. The summed E-state index contributed by atoms with van der Waals surface area (Å²) >= 11 is 3.28. The Morgan fingerprint density at radius 1 is 1.55 bits per heavy atom. The lowest BCUT2D eigenvalue weighted by Gasteiger charge is -1.91. The van der Waals surface area contributed by atoms with Crippen LogP contribution in [0.2, 0.25) is 0 Å². The summed E-state index contributed by atoms with van der Waals surface area (Å²) < 4.78 is 2.56. The van der Waals surface area contributed by atoms with Crippen molar-refractivity contribution in [1.82, 2.24) is 14.6 Å². The van der Waals surface area contributed by atoms with E-state index in [1.165, 1.54) is 0 Å². The smallest absolute Gasteiger partial charge is 0.156 e. The third kappa shape index (κ3) is 1.14. The first-order valence-corrected chi connectivity index (χ1v) is 4.02. The van der Waals surface area contributed by atoms with Crippen molar-refractivity contribution in [1.29, 1.82) is 0 Å². The molecule has 0 unspecified atom stereocenters. The van der Waals surface area contributed by atoms with Crippen molar-refractivity contribution in [2.75, 3.05) is 0 Å². The van der Waals surface area contributed by atoms with Gasteiger partial charge in [0, 0.05) is 18.5 Å². The Kier molecular flexibility index (Phi) is 1.42. The van der Waals surface area contributed by atoms with Crippen LogP contribution in [0.3, 0.4) is 0 Å². The van der Waals surface area contributed by atoms with Crippen LogP contribution in [0.15, 0.2) is 23.1 Å². The topological polar surface area (TPSA) is 30.2 Å². The second kappa shape index (κ2) is 2.30. The molecule has 2 aromatic heterocycles. The maximum atomic E-state index is 4.17. The zero-order chi connectivity index (χ0) is 7.84. The molecule has 0 radical (unpaired) electrons. The minimum Gasteiger partial charge on any atom is -0.237 e. The van der Waals surface area contributed by atoms with Crippen LogP contribution in [0.1, 0.15) is 5.56 Å². The molecule has 0 saturated carbocycles. The molecule has 2 rings (SSSR count). The molecule has 0 N–H and O–H groups in total. The molecule has 0 atom stereocenters. The van der Waals surface area contributed by atoms with Crippen molar-refractivity contribution >= 4 is 21.6 Å². The van der Waals surface area contributed by atoms with Gasteiger partial charge >= 0.3 is 0 Å². The zero-order valence-electron chi connectivity index (χ0n) is 5.95. The van der Waals surface area contributed by atoms with Gasteiger partial charge in [0.1, 0.15) is 4.60 Å². The third-order valence-electron chi connectivity index (χ3n) is 1.41. The Hall–Kier alpha value is -0.900. The predicted octanol–water partition coefficient (Wildman–Crippen LogP) is 1.80. The summed E-state index contributed by atoms with van der Waals surface area (Å²) in [6.07, 6.45) is 3.76. The fraction of sp³-hybridized carbons (Fsp3) is 0.143. The fourth-order valence-electron chi connectivity index (χ4n) is 0.941. The van der Waals surface area contributed by atoms with Gasteiger partial charge in [-0.25, -0.2) is 9.50 Å². The van der Waals surface area contributed by atoms with Gasteiger partial charge < -0.3 is 0 Å². The summed E-state index contributed by atoms with van der Waals surface area (Å²) in [4.78, 5) is 4.17. The third-order valence-corrected chi connectivity index (χ3v) is 1.80. The average Bonchev–Trinajstić information content (AvgIpc) is 2.27. The number of halogens is 1. The van der Waals surface area contributed by atoms with Crippen LogP contribution in [0.5, 0.6) is 0 Å².